The molecule has 2 aromatic heterocycles. The van der Waals surface area contributed by atoms with E-state index in [-0.39, 0.29) is 30.1 Å². The lowest BCUT2D eigenvalue weighted by atomic mass is 9.97. The van der Waals surface area contributed by atoms with Crippen LogP contribution in [0, 0.1) is 11.7 Å². The zero-order valence-corrected chi connectivity index (χ0v) is 16.6. The van der Waals surface area contributed by atoms with Gasteiger partial charge >= 0.3 is 0 Å². The van der Waals surface area contributed by atoms with Crippen molar-refractivity contribution in [3.8, 4) is 11.3 Å². The van der Waals surface area contributed by atoms with Crippen LogP contribution in [0.25, 0.3) is 11.3 Å². The average molecular weight is 412 g/mol. The molecule has 0 unspecified atom stereocenters. The average Bonchev–Trinajstić information content (AvgIpc) is 3.44. The molecule has 0 radical (unpaired) electrons. The minimum Gasteiger partial charge on any atom is -0.459 e. The van der Waals surface area contributed by atoms with E-state index in [0.717, 1.165) is 18.4 Å². The van der Waals surface area contributed by atoms with Crippen LogP contribution in [0.2, 0.25) is 0 Å². The minimum atomic E-state index is -0.299. The molecule has 1 aliphatic rings. The van der Waals surface area contributed by atoms with Crippen molar-refractivity contribution in [2.45, 2.75) is 19.4 Å². The van der Waals surface area contributed by atoms with Crippen LogP contribution in [0.1, 0.15) is 28.3 Å². The molecule has 5 nitrogen and oxygen atoms in total. The smallest absolute Gasteiger partial charge is 0.263 e. The molecule has 2 amide bonds. The number of furan rings is 1. The number of amides is 2. The summed E-state index contributed by atoms with van der Waals surface area (Å²) >= 11 is 1.42. The molecule has 1 aromatic carbocycles. The molecule has 29 heavy (non-hydrogen) atoms. The maximum Gasteiger partial charge on any atom is 0.263 e. The molecule has 1 N–H and O–H groups in total. The SMILES string of the molecule is O=C(NCc1ccc(-c2ccc(F)cc2)o1)[C@@H]1CCCN(C(=O)c2cccs2)C1. The van der Waals surface area contributed by atoms with Gasteiger partial charge in [-0.1, -0.05) is 6.07 Å². The number of hydrogen-bond donors (Lipinski definition) is 1. The standard InChI is InChI=1S/C22H21FN2O3S/c23-17-7-5-15(6-8-17)19-10-9-18(28-19)13-24-21(26)16-3-1-11-25(14-16)22(27)20-4-2-12-29-20/h2,4-10,12,16H,1,3,11,13-14H2,(H,24,26)/t16-/m1/s1. The van der Waals surface area contributed by atoms with Gasteiger partial charge in [0.15, 0.2) is 0 Å². The number of carbonyl (C=O) groups is 2. The van der Waals surface area contributed by atoms with Gasteiger partial charge in [0.25, 0.3) is 5.91 Å². The molecule has 0 bridgehead atoms. The van der Waals surface area contributed by atoms with Crippen LogP contribution in [0.3, 0.4) is 0 Å². The second kappa shape index (κ2) is 8.61. The van der Waals surface area contributed by atoms with Gasteiger partial charge in [-0.05, 0) is 60.7 Å². The Morgan fingerprint density at radius 1 is 1.17 bits per heavy atom. The van der Waals surface area contributed by atoms with Crippen LogP contribution in [-0.4, -0.2) is 29.8 Å². The van der Waals surface area contributed by atoms with Gasteiger partial charge in [0, 0.05) is 18.7 Å². The Labute approximate surface area is 172 Å². The maximum absolute atomic E-state index is 13.0. The quantitative estimate of drug-likeness (QED) is 0.679. The summed E-state index contributed by atoms with van der Waals surface area (Å²) in [5.41, 5.74) is 0.777. The van der Waals surface area contributed by atoms with E-state index in [1.807, 2.05) is 17.5 Å². The summed E-state index contributed by atoms with van der Waals surface area (Å²) in [7, 11) is 0. The number of nitrogens with zero attached hydrogens (tertiary/aromatic N) is 1. The Kier molecular flexibility index (Phi) is 5.76. The maximum atomic E-state index is 13.0. The highest BCUT2D eigenvalue weighted by Gasteiger charge is 2.29. The van der Waals surface area contributed by atoms with Gasteiger partial charge in [-0.15, -0.1) is 11.3 Å². The number of rotatable bonds is 5. The normalized spacial score (nSPS) is 16.6. The summed E-state index contributed by atoms with van der Waals surface area (Å²) in [4.78, 5) is 27.6. The number of likely N-dealkylation sites (tertiary alicyclic amines) is 1. The van der Waals surface area contributed by atoms with Crippen molar-refractivity contribution in [3.63, 3.8) is 0 Å². The van der Waals surface area contributed by atoms with E-state index in [1.165, 1.54) is 23.5 Å². The van der Waals surface area contributed by atoms with Gasteiger partial charge in [-0.3, -0.25) is 9.59 Å². The largest absolute Gasteiger partial charge is 0.459 e. The number of benzene rings is 1. The summed E-state index contributed by atoms with van der Waals surface area (Å²) in [6.07, 6.45) is 1.57. The molecule has 1 aliphatic heterocycles. The lowest BCUT2D eigenvalue weighted by Gasteiger charge is -2.31. The van der Waals surface area contributed by atoms with E-state index in [4.69, 9.17) is 4.42 Å². The number of halogens is 1. The molecular weight excluding hydrogens is 391 g/mol. The number of nitrogens with one attached hydrogen (secondary N) is 1. The molecule has 1 fully saturated rings. The highest BCUT2D eigenvalue weighted by molar-refractivity contribution is 7.12. The van der Waals surface area contributed by atoms with Gasteiger partial charge < -0.3 is 14.6 Å². The zero-order chi connectivity index (χ0) is 20.2. The van der Waals surface area contributed by atoms with Gasteiger partial charge in [0.05, 0.1) is 17.3 Å². The topological polar surface area (TPSA) is 62.6 Å². The first-order chi connectivity index (χ1) is 14.1. The van der Waals surface area contributed by atoms with Crippen LogP contribution < -0.4 is 5.32 Å². The third-order valence-electron chi connectivity index (χ3n) is 5.04. The van der Waals surface area contributed by atoms with E-state index >= 15 is 0 Å². The molecular formula is C22H21FN2O3S. The minimum absolute atomic E-state index is 0.00697. The van der Waals surface area contributed by atoms with E-state index in [0.29, 0.717) is 29.5 Å². The molecule has 7 heteroatoms. The van der Waals surface area contributed by atoms with E-state index in [9.17, 15) is 14.0 Å². The molecule has 1 atom stereocenters. The number of carbonyl (C=O) groups excluding carboxylic acids is 2. The monoisotopic (exact) mass is 412 g/mol. The Morgan fingerprint density at radius 3 is 2.76 bits per heavy atom. The molecule has 0 aliphatic carbocycles. The number of piperidine rings is 1. The fourth-order valence-corrected chi connectivity index (χ4v) is 4.18. The molecule has 150 valence electrons. The highest BCUT2D eigenvalue weighted by atomic mass is 32.1. The van der Waals surface area contributed by atoms with Crippen LogP contribution >= 0.6 is 11.3 Å². The predicted octanol–water partition coefficient (Wildman–Crippen LogP) is 4.32. The van der Waals surface area contributed by atoms with E-state index in [1.54, 1.807) is 29.2 Å². The summed E-state index contributed by atoms with van der Waals surface area (Å²) in [5, 5.41) is 4.79. The van der Waals surface area contributed by atoms with E-state index < -0.39 is 0 Å². The van der Waals surface area contributed by atoms with Crippen molar-refractivity contribution in [1.82, 2.24) is 10.2 Å². The van der Waals surface area contributed by atoms with Crippen molar-refractivity contribution < 1.29 is 18.4 Å². The first kappa shape index (κ1) is 19.4. The first-order valence-corrected chi connectivity index (χ1v) is 10.4. The highest BCUT2D eigenvalue weighted by Crippen LogP contribution is 2.23. The second-order valence-corrected chi connectivity index (χ2v) is 8.01. The molecule has 3 aromatic rings. The molecule has 3 heterocycles. The molecule has 0 saturated carbocycles. The third-order valence-corrected chi connectivity index (χ3v) is 5.90. The fourth-order valence-electron chi connectivity index (χ4n) is 3.49. The summed E-state index contributed by atoms with van der Waals surface area (Å²) < 4.78 is 18.8. The lowest BCUT2D eigenvalue weighted by Crippen LogP contribution is -2.45. The summed E-state index contributed by atoms with van der Waals surface area (Å²) in [6.45, 7) is 1.39. The Bertz CT molecular complexity index is 982. The van der Waals surface area contributed by atoms with Gasteiger partial charge in [-0.25, -0.2) is 4.39 Å². The van der Waals surface area contributed by atoms with Crippen LogP contribution in [0.4, 0.5) is 4.39 Å². The van der Waals surface area contributed by atoms with Crippen molar-refractivity contribution in [1.29, 1.82) is 0 Å². The van der Waals surface area contributed by atoms with Gasteiger partial charge in [0.1, 0.15) is 17.3 Å². The molecule has 4 rings (SSSR count). The van der Waals surface area contributed by atoms with Crippen molar-refractivity contribution in [2.75, 3.05) is 13.1 Å². The first-order valence-electron chi connectivity index (χ1n) is 9.55. The Balaban J connectivity index is 1.32. The lowest BCUT2D eigenvalue weighted by molar-refractivity contribution is -0.126. The molecule has 0 spiro atoms. The zero-order valence-electron chi connectivity index (χ0n) is 15.8. The number of hydrogen-bond acceptors (Lipinski definition) is 4. The Morgan fingerprint density at radius 2 is 2.00 bits per heavy atom. The number of thiophene rings is 1. The van der Waals surface area contributed by atoms with E-state index in [2.05, 4.69) is 5.32 Å². The second-order valence-electron chi connectivity index (χ2n) is 7.06. The van der Waals surface area contributed by atoms with Gasteiger partial charge in [0.2, 0.25) is 5.91 Å². The summed E-state index contributed by atoms with van der Waals surface area (Å²) in [5.74, 6) is 0.645. The molecule has 1 saturated heterocycles. The fraction of sp³-hybridized carbons (Fsp3) is 0.273. The third kappa shape index (κ3) is 4.56. The van der Waals surface area contributed by atoms with Crippen molar-refractivity contribution in [3.05, 3.63) is 70.4 Å². The van der Waals surface area contributed by atoms with Crippen molar-refractivity contribution in [2.24, 2.45) is 5.92 Å². The van der Waals surface area contributed by atoms with Crippen LogP contribution in [0.5, 0.6) is 0 Å². The van der Waals surface area contributed by atoms with Crippen LogP contribution in [-0.2, 0) is 11.3 Å². The summed E-state index contributed by atoms with van der Waals surface area (Å²) in [6, 6.07) is 13.3. The van der Waals surface area contributed by atoms with Gasteiger partial charge in [-0.2, -0.15) is 0 Å². The van der Waals surface area contributed by atoms with Crippen molar-refractivity contribution >= 4 is 23.2 Å². The van der Waals surface area contributed by atoms with Crippen LogP contribution in [0.15, 0.2) is 58.3 Å². The predicted molar refractivity (Wildman–Crippen MR) is 109 cm³/mol. The Hall–Kier alpha value is -2.93.